The van der Waals surface area contributed by atoms with E-state index in [0.717, 1.165) is 35.4 Å². The summed E-state index contributed by atoms with van der Waals surface area (Å²) in [6, 6.07) is 32.7. The molecule has 0 bridgehead atoms. The van der Waals surface area contributed by atoms with Gasteiger partial charge in [-0.1, -0.05) is 30.3 Å². The van der Waals surface area contributed by atoms with Crippen LogP contribution in [0.3, 0.4) is 0 Å². The van der Waals surface area contributed by atoms with Gasteiger partial charge in [0.25, 0.3) is 0 Å². The molecule has 0 saturated carbocycles. The van der Waals surface area contributed by atoms with Crippen LogP contribution in [0.1, 0.15) is 11.1 Å². The predicted molar refractivity (Wildman–Crippen MR) is 183 cm³/mol. The molecular formula is C39H27F6N5O2. The van der Waals surface area contributed by atoms with Crippen molar-refractivity contribution in [3.63, 3.8) is 0 Å². The molecule has 0 amide bonds. The maximum Gasteiger partial charge on any atom is 0.416 e. The van der Waals surface area contributed by atoms with Crippen LogP contribution in [0.5, 0.6) is 11.5 Å². The van der Waals surface area contributed by atoms with Crippen LogP contribution in [0, 0.1) is 0 Å². The summed E-state index contributed by atoms with van der Waals surface area (Å²) >= 11 is 0. The van der Waals surface area contributed by atoms with E-state index >= 15 is 0 Å². The molecule has 7 aromatic rings. The predicted octanol–water partition coefficient (Wildman–Crippen LogP) is 10.2. The first-order valence-corrected chi connectivity index (χ1v) is 15.7. The number of nitrogens with zero attached hydrogens (tertiary/aromatic N) is 5. The van der Waals surface area contributed by atoms with Crippen molar-refractivity contribution in [2.75, 3.05) is 14.2 Å². The molecule has 3 heterocycles. The number of alkyl halides is 6. The Labute approximate surface area is 293 Å². The Morgan fingerprint density at radius 2 is 0.808 bits per heavy atom. The van der Waals surface area contributed by atoms with Gasteiger partial charge in [0.1, 0.15) is 11.5 Å². The molecule has 0 atom stereocenters. The lowest BCUT2D eigenvalue weighted by Gasteiger charge is -2.11. The van der Waals surface area contributed by atoms with Crippen molar-refractivity contribution in [1.29, 1.82) is 0 Å². The fraction of sp³-hybridized carbons (Fsp3) is 0.103. The zero-order valence-electron chi connectivity index (χ0n) is 27.4. The normalized spacial score (nSPS) is 11.8. The zero-order valence-corrected chi connectivity index (χ0v) is 27.4. The standard InChI is InChI=1S/C39H27F6N5O2/c1-51-30-18-10-26(11-19-30)34-22-32(24-6-14-28(15-7-24)38(40,41)42)47-49(34)36-4-3-5-37(46-36)50-35(27-12-20-31(52-2)21-13-27)23-33(48-50)25-8-16-29(17-9-25)39(43,44)45/h3-23H,1-2H3. The molecule has 0 aliphatic heterocycles. The quantitative estimate of drug-likeness (QED) is 0.147. The lowest BCUT2D eigenvalue weighted by atomic mass is 10.1. The van der Waals surface area contributed by atoms with Crippen LogP contribution in [0.2, 0.25) is 0 Å². The Bertz CT molecular complexity index is 2160. The van der Waals surface area contributed by atoms with Crippen LogP contribution in [-0.2, 0) is 12.4 Å². The molecule has 0 spiro atoms. The third kappa shape index (κ3) is 6.84. The first-order chi connectivity index (χ1) is 24.9. The molecule has 7 rings (SSSR count). The van der Waals surface area contributed by atoms with Crippen LogP contribution >= 0.6 is 0 Å². The molecule has 13 heteroatoms. The van der Waals surface area contributed by atoms with Gasteiger partial charge in [-0.2, -0.15) is 36.5 Å². The average Bonchev–Trinajstić information content (AvgIpc) is 3.81. The van der Waals surface area contributed by atoms with Gasteiger partial charge in [-0.05, 0) is 97.1 Å². The largest absolute Gasteiger partial charge is 0.497 e. The minimum atomic E-state index is -4.49. The van der Waals surface area contributed by atoms with Crippen molar-refractivity contribution in [2.45, 2.75) is 12.4 Å². The molecule has 262 valence electrons. The van der Waals surface area contributed by atoms with Crippen molar-refractivity contribution in [3.05, 3.63) is 139 Å². The topological polar surface area (TPSA) is 67.0 Å². The van der Waals surface area contributed by atoms with E-state index < -0.39 is 23.5 Å². The highest BCUT2D eigenvalue weighted by atomic mass is 19.4. The van der Waals surface area contributed by atoms with Crippen molar-refractivity contribution < 1.29 is 35.8 Å². The van der Waals surface area contributed by atoms with Gasteiger partial charge in [-0.25, -0.2) is 14.3 Å². The van der Waals surface area contributed by atoms with Crippen LogP contribution < -0.4 is 9.47 Å². The molecule has 0 saturated heterocycles. The van der Waals surface area contributed by atoms with Gasteiger partial charge in [-0.3, -0.25) is 0 Å². The SMILES string of the molecule is COc1ccc(-c2cc(-c3ccc(C(F)(F)F)cc3)nn2-c2cccc(-n3nc(-c4ccc(C(F)(F)F)cc4)cc3-c3ccc(OC)cc3)n2)cc1. The van der Waals surface area contributed by atoms with Crippen LogP contribution in [-0.4, -0.2) is 38.8 Å². The molecule has 0 N–H and O–H groups in total. The summed E-state index contributed by atoms with van der Waals surface area (Å²) < 4.78 is 93.7. The van der Waals surface area contributed by atoms with E-state index in [0.29, 0.717) is 57.0 Å². The number of hydrogen-bond donors (Lipinski definition) is 0. The third-order valence-electron chi connectivity index (χ3n) is 8.36. The Kier molecular flexibility index (Phi) is 8.78. The van der Waals surface area contributed by atoms with Gasteiger partial charge in [0, 0.05) is 22.3 Å². The Hall–Kier alpha value is -6.37. The number of methoxy groups -OCH3 is 2. The third-order valence-corrected chi connectivity index (χ3v) is 8.36. The monoisotopic (exact) mass is 711 g/mol. The highest BCUT2D eigenvalue weighted by molar-refractivity contribution is 5.72. The van der Waals surface area contributed by atoms with Crippen LogP contribution in [0.15, 0.2) is 127 Å². The van der Waals surface area contributed by atoms with Gasteiger partial charge in [-0.15, -0.1) is 0 Å². The van der Waals surface area contributed by atoms with Crippen molar-refractivity contribution >= 4 is 0 Å². The molecule has 4 aromatic carbocycles. The smallest absolute Gasteiger partial charge is 0.416 e. The number of aromatic nitrogens is 5. The number of benzene rings is 4. The van der Waals surface area contributed by atoms with Crippen molar-refractivity contribution in [2.24, 2.45) is 0 Å². The average molecular weight is 712 g/mol. The molecular weight excluding hydrogens is 684 g/mol. The second-order valence-electron chi connectivity index (χ2n) is 11.6. The Morgan fingerprint density at radius 3 is 1.13 bits per heavy atom. The first-order valence-electron chi connectivity index (χ1n) is 15.7. The Balaban J connectivity index is 1.35. The van der Waals surface area contributed by atoms with E-state index in [-0.39, 0.29) is 0 Å². The second-order valence-corrected chi connectivity index (χ2v) is 11.6. The summed E-state index contributed by atoms with van der Waals surface area (Å²) in [7, 11) is 3.10. The van der Waals surface area contributed by atoms with Gasteiger partial charge in [0.2, 0.25) is 0 Å². The zero-order chi connectivity index (χ0) is 36.6. The van der Waals surface area contributed by atoms with Crippen LogP contribution in [0.4, 0.5) is 26.3 Å². The number of rotatable bonds is 8. The maximum atomic E-state index is 13.3. The highest BCUT2D eigenvalue weighted by Gasteiger charge is 2.31. The van der Waals surface area contributed by atoms with Crippen molar-refractivity contribution in [1.82, 2.24) is 24.5 Å². The first kappa shape index (κ1) is 34.1. The number of hydrogen-bond acceptors (Lipinski definition) is 5. The summed E-state index contributed by atoms with van der Waals surface area (Å²) in [5.41, 5.74) is 2.88. The molecule has 0 aliphatic carbocycles. The lowest BCUT2D eigenvalue weighted by molar-refractivity contribution is -0.138. The van der Waals surface area contributed by atoms with Gasteiger partial charge in [0.15, 0.2) is 11.6 Å². The van der Waals surface area contributed by atoms with E-state index in [1.165, 1.54) is 24.3 Å². The lowest BCUT2D eigenvalue weighted by Crippen LogP contribution is -2.07. The van der Waals surface area contributed by atoms with Crippen molar-refractivity contribution in [3.8, 4) is 68.2 Å². The second kappa shape index (κ2) is 13.4. The summed E-state index contributed by atoms with van der Waals surface area (Å²) in [4.78, 5) is 4.91. The fourth-order valence-corrected chi connectivity index (χ4v) is 5.64. The van der Waals surface area contributed by atoms with E-state index in [4.69, 9.17) is 24.7 Å². The maximum absolute atomic E-state index is 13.3. The summed E-state index contributed by atoms with van der Waals surface area (Å²) in [6.45, 7) is 0. The number of pyridine rings is 1. The molecule has 0 aliphatic rings. The summed E-state index contributed by atoms with van der Waals surface area (Å²) in [5, 5.41) is 9.57. The summed E-state index contributed by atoms with van der Waals surface area (Å²) in [5.74, 6) is 2.00. The molecule has 0 radical (unpaired) electrons. The van der Waals surface area contributed by atoms with E-state index in [1.807, 2.05) is 24.3 Å². The molecule has 3 aromatic heterocycles. The van der Waals surface area contributed by atoms with Gasteiger partial charge in [0.05, 0.1) is 48.1 Å². The fourth-order valence-electron chi connectivity index (χ4n) is 5.64. The number of halogens is 6. The van der Waals surface area contributed by atoms with Crippen LogP contribution in [0.25, 0.3) is 56.7 Å². The molecule has 0 unspecified atom stereocenters. The minimum Gasteiger partial charge on any atom is -0.497 e. The molecule has 0 fully saturated rings. The van der Waals surface area contributed by atoms with Gasteiger partial charge < -0.3 is 9.47 Å². The van der Waals surface area contributed by atoms with Gasteiger partial charge >= 0.3 is 12.4 Å². The minimum absolute atomic E-state index is 0.369. The van der Waals surface area contributed by atoms with E-state index in [2.05, 4.69) is 0 Å². The van der Waals surface area contributed by atoms with E-state index in [1.54, 1.807) is 78.2 Å². The molecule has 52 heavy (non-hydrogen) atoms. The number of ether oxygens (including phenoxy) is 2. The highest BCUT2D eigenvalue weighted by Crippen LogP contribution is 2.35. The molecule has 7 nitrogen and oxygen atoms in total. The summed E-state index contributed by atoms with van der Waals surface area (Å²) in [6.07, 6.45) is -8.97. The van der Waals surface area contributed by atoms with E-state index in [9.17, 15) is 26.3 Å². The Morgan fingerprint density at radius 1 is 0.462 bits per heavy atom.